The van der Waals surface area contributed by atoms with Crippen molar-refractivity contribution in [2.75, 3.05) is 5.32 Å². The zero-order valence-electron chi connectivity index (χ0n) is 17.8. The standard InChI is InChI=1S/C23H26ClN5O2/c1-13-7-18(10-21(13)30)27-23-19(11-25-12-26-23)22(31)20-8-14(2)29(28-20)15(3)16-5-4-6-17(24)9-16/h4-6,8-9,11-13,15,18,21,30H,7,10H2,1-3H3,(H,25,26,27)/t13-,15-,18-,21-/m1/s1. The second kappa shape index (κ2) is 8.77. The van der Waals surface area contributed by atoms with Crippen molar-refractivity contribution in [2.45, 2.75) is 51.8 Å². The molecule has 1 aliphatic rings. The predicted molar refractivity (Wildman–Crippen MR) is 120 cm³/mol. The molecule has 0 radical (unpaired) electrons. The van der Waals surface area contributed by atoms with Crippen LogP contribution in [0.2, 0.25) is 5.02 Å². The van der Waals surface area contributed by atoms with Crippen LogP contribution in [0.3, 0.4) is 0 Å². The smallest absolute Gasteiger partial charge is 0.218 e. The summed E-state index contributed by atoms with van der Waals surface area (Å²) in [4.78, 5) is 21.6. The Bertz CT molecular complexity index is 1090. The van der Waals surface area contributed by atoms with Crippen LogP contribution in [0.1, 0.15) is 60.0 Å². The molecule has 0 aliphatic heterocycles. The normalized spacial score (nSPS) is 21.8. The molecule has 0 unspecified atom stereocenters. The van der Waals surface area contributed by atoms with Gasteiger partial charge in [0.2, 0.25) is 5.78 Å². The number of benzene rings is 1. The number of nitrogens with zero attached hydrogens (tertiary/aromatic N) is 4. The minimum Gasteiger partial charge on any atom is -0.393 e. The van der Waals surface area contributed by atoms with Gasteiger partial charge in [0.15, 0.2) is 0 Å². The summed E-state index contributed by atoms with van der Waals surface area (Å²) < 4.78 is 1.82. The molecule has 1 aromatic carbocycles. The molecule has 2 N–H and O–H groups in total. The molecule has 2 heterocycles. The fraction of sp³-hybridized carbons (Fsp3) is 0.391. The number of carbonyl (C=O) groups is 1. The third-order valence-corrected chi connectivity index (χ3v) is 6.23. The van der Waals surface area contributed by atoms with Gasteiger partial charge in [-0.15, -0.1) is 0 Å². The van der Waals surface area contributed by atoms with Crippen LogP contribution in [0.4, 0.5) is 5.82 Å². The summed E-state index contributed by atoms with van der Waals surface area (Å²) in [7, 11) is 0. The summed E-state index contributed by atoms with van der Waals surface area (Å²) in [6.07, 6.45) is 4.04. The lowest BCUT2D eigenvalue weighted by molar-refractivity contribution is 0.103. The molecule has 0 amide bonds. The lowest BCUT2D eigenvalue weighted by atomic mass is 10.1. The van der Waals surface area contributed by atoms with Crippen LogP contribution in [-0.2, 0) is 0 Å². The number of anilines is 1. The molecule has 4 atom stereocenters. The summed E-state index contributed by atoms with van der Waals surface area (Å²) in [5.74, 6) is 0.445. The molecule has 162 valence electrons. The Morgan fingerprint density at radius 1 is 1.32 bits per heavy atom. The quantitative estimate of drug-likeness (QED) is 0.563. The number of ketones is 1. The molecular weight excluding hydrogens is 414 g/mol. The van der Waals surface area contributed by atoms with Crippen molar-refractivity contribution in [3.8, 4) is 0 Å². The van der Waals surface area contributed by atoms with Crippen LogP contribution in [0.25, 0.3) is 0 Å². The topological polar surface area (TPSA) is 92.9 Å². The van der Waals surface area contributed by atoms with E-state index >= 15 is 0 Å². The Balaban J connectivity index is 1.59. The van der Waals surface area contributed by atoms with Gasteiger partial charge >= 0.3 is 0 Å². The average Bonchev–Trinajstić information content (AvgIpc) is 3.29. The van der Waals surface area contributed by atoms with Crippen LogP contribution in [0.5, 0.6) is 0 Å². The minimum atomic E-state index is -0.343. The number of nitrogens with one attached hydrogen (secondary N) is 1. The van der Waals surface area contributed by atoms with Gasteiger partial charge < -0.3 is 10.4 Å². The van der Waals surface area contributed by atoms with E-state index in [0.717, 1.165) is 17.7 Å². The first-order valence-electron chi connectivity index (χ1n) is 10.4. The van der Waals surface area contributed by atoms with Crippen LogP contribution < -0.4 is 5.32 Å². The van der Waals surface area contributed by atoms with Gasteiger partial charge in [-0.3, -0.25) is 9.48 Å². The van der Waals surface area contributed by atoms with Crippen molar-refractivity contribution in [3.63, 3.8) is 0 Å². The first kappa shape index (κ1) is 21.5. The van der Waals surface area contributed by atoms with Crippen LogP contribution in [-0.4, -0.2) is 42.8 Å². The number of hydrogen-bond acceptors (Lipinski definition) is 6. The predicted octanol–water partition coefficient (Wildman–Crippen LogP) is 4.05. The highest BCUT2D eigenvalue weighted by Crippen LogP contribution is 2.29. The molecule has 1 saturated carbocycles. The first-order valence-corrected chi connectivity index (χ1v) is 10.8. The summed E-state index contributed by atoms with van der Waals surface area (Å²) in [6.45, 7) is 5.97. The second-order valence-corrected chi connectivity index (χ2v) is 8.75. The number of aliphatic hydroxyl groups is 1. The van der Waals surface area contributed by atoms with Gasteiger partial charge in [0, 0.05) is 23.0 Å². The summed E-state index contributed by atoms with van der Waals surface area (Å²) in [5, 5.41) is 18.6. The maximum atomic E-state index is 13.3. The van der Waals surface area contributed by atoms with Crippen molar-refractivity contribution >= 4 is 23.2 Å². The largest absolute Gasteiger partial charge is 0.393 e. The summed E-state index contributed by atoms with van der Waals surface area (Å²) in [6, 6.07) is 9.39. The monoisotopic (exact) mass is 439 g/mol. The van der Waals surface area contributed by atoms with E-state index in [-0.39, 0.29) is 29.9 Å². The molecule has 7 nitrogen and oxygen atoms in total. The molecule has 0 saturated heterocycles. The maximum Gasteiger partial charge on any atom is 0.218 e. The number of halogens is 1. The molecule has 2 aromatic heterocycles. The van der Waals surface area contributed by atoms with Gasteiger partial charge in [-0.1, -0.05) is 30.7 Å². The van der Waals surface area contributed by atoms with Crippen LogP contribution in [0, 0.1) is 12.8 Å². The zero-order chi connectivity index (χ0) is 22.1. The second-order valence-electron chi connectivity index (χ2n) is 8.32. The number of carbonyl (C=O) groups excluding carboxylic acids is 1. The number of hydrogen-bond donors (Lipinski definition) is 2. The average molecular weight is 440 g/mol. The highest BCUT2D eigenvalue weighted by molar-refractivity contribution is 6.30. The highest BCUT2D eigenvalue weighted by Gasteiger charge is 2.31. The molecule has 4 rings (SSSR count). The van der Waals surface area contributed by atoms with Gasteiger partial charge in [0.25, 0.3) is 0 Å². The minimum absolute atomic E-state index is 0.0635. The van der Waals surface area contributed by atoms with E-state index in [0.29, 0.717) is 28.5 Å². The van der Waals surface area contributed by atoms with E-state index in [1.54, 1.807) is 6.07 Å². The Hall–Kier alpha value is -2.77. The Labute approximate surface area is 186 Å². The number of rotatable bonds is 6. The lowest BCUT2D eigenvalue weighted by Gasteiger charge is -2.15. The van der Waals surface area contributed by atoms with E-state index in [1.807, 2.05) is 49.7 Å². The van der Waals surface area contributed by atoms with Crippen molar-refractivity contribution in [1.29, 1.82) is 0 Å². The first-order chi connectivity index (χ1) is 14.8. The summed E-state index contributed by atoms with van der Waals surface area (Å²) >= 11 is 6.14. The number of aromatic nitrogens is 4. The van der Waals surface area contributed by atoms with E-state index in [1.165, 1.54) is 12.5 Å². The Kier molecular flexibility index (Phi) is 6.07. The SMILES string of the molecule is Cc1cc(C(=O)c2cncnc2N[C@@H]2C[C@@H](C)[C@H](O)C2)nn1[C@H](C)c1cccc(Cl)c1. The van der Waals surface area contributed by atoms with Crippen molar-refractivity contribution in [2.24, 2.45) is 5.92 Å². The van der Waals surface area contributed by atoms with Crippen molar-refractivity contribution in [1.82, 2.24) is 19.7 Å². The van der Waals surface area contributed by atoms with Crippen molar-refractivity contribution in [3.05, 3.63) is 70.4 Å². The van der Waals surface area contributed by atoms with E-state index in [2.05, 4.69) is 20.4 Å². The molecular formula is C23H26ClN5O2. The third-order valence-electron chi connectivity index (χ3n) is 5.99. The van der Waals surface area contributed by atoms with Gasteiger partial charge in [0.05, 0.1) is 17.7 Å². The maximum absolute atomic E-state index is 13.3. The molecule has 0 bridgehead atoms. The molecule has 31 heavy (non-hydrogen) atoms. The fourth-order valence-corrected chi connectivity index (χ4v) is 4.38. The van der Waals surface area contributed by atoms with Gasteiger partial charge in [-0.2, -0.15) is 5.10 Å². The zero-order valence-corrected chi connectivity index (χ0v) is 18.5. The van der Waals surface area contributed by atoms with Gasteiger partial charge in [-0.25, -0.2) is 9.97 Å². The summed E-state index contributed by atoms with van der Waals surface area (Å²) in [5.41, 5.74) is 2.59. The van der Waals surface area contributed by atoms with E-state index < -0.39 is 0 Å². The molecule has 3 aromatic rings. The van der Waals surface area contributed by atoms with E-state index in [4.69, 9.17) is 11.6 Å². The molecule has 1 fully saturated rings. The fourth-order valence-electron chi connectivity index (χ4n) is 4.18. The Morgan fingerprint density at radius 2 is 2.13 bits per heavy atom. The number of aliphatic hydroxyl groups excluding tert-OH is 1. The Morgan fingerprint density at radius 3 is 2.84 bits per heavy atom. The third kappa shape index (κ3) is 4.48. The van der Waals surface area contributed by atoms with Crippen LogP contribution in [0.15, 0.2) is 42.9 Å². The molecule has 0 spiro atoms. The van der Waals surface area contributed by atoms with Crippen LogP contribution >= 0.6 is 11.6 Å². The van der Waals surface area contributed by atoms with Gasteiger partial charge in [-0.05, 0) is 56.4 Å². The van der Waals surface area contributed by atoms with E-state index in [9.17, 15) is 9.90 Å². The molecule has 1 aliphatic carbocycles. The number of aryl methyl sites for hydroxylation is 1. The van der Waals surface area contributed by atoms with Gasteiger partial charge in [0.1, 0.15) is 17.8 Å². The highest BCUT2D eigenvalue weighted by atomic mass is 35.5. The van der Waals surface area contributed by atoms with Crippen molar-refractivity contribution < 1.29 is 9.90 Å². The lowest BCUT2D eigenvalue weighted by Crippen LogP contribution is -2.20. The molecule has 8 heteroatoms.